The first-order chi connectivity index (χ1) is 9.13. The molecule has 1 fully saturated rings. The maximum atomic E-state index is 10.9. The fourth-order valence-corrected chi connectivity index (χ4v) is 2.42. The van der Waals surface area contributed by atoms with E-state index in [1.54, 1.807) is 14.2 Å². The normalized spacial score (nSPS) is 19.4. The van der Waals surface area contributed by atoms with E-state index < -0.39 is 5.97 Å². The van der Waals surface area contributed by atoms with Crippen LogP contribution in [0, 0.1) is 5.92 Å². The Morgan fingerprint density at radius 3 is 2.68 bits per heavy atom. The first-order valence-electron chi connectivity index (χ1n) is 6.30. The van der Waals surface area contributed by atoms with E-state index in [1.165, 1.54) is 0 Å². The smallest absolute Gasteiger partial charge is 0.307 e. The highest BCUT2D eigenvalue weighted by atomic mass is 16.5. The zero-order chi connectivity index (χ0) is 13.8. The van der Waals surface area contributed by atoms with Crippen molar-refractivity contribution in [3.8, 4) is 11.5 Å². The number of carboxylic acid groups (broad SMARTS) is 1. The molecule has 1 N–H and O–H groups in total. The van der Waals surface area contributed by atoms with Gasteiger partial charge in [-0.1, -0.05) is 6.07 Å². The topological polar surface area (TPSA) is 59.0 Å². The summed E-state index contributed by atoms with van der Waals surface area (Å²) in [5.41, 5.74) is 1.10. The summed E-state index contributed by atoms with van der Waals surface area (Å²) >= 11 is 0. The van der Waals surface area contributed by atoms with E-state index in [0.717, 1.165) is 25.1 Å². The third kappa shape index (κ3) is 3.17. The molecule has 0 amide bonds. The first-order valence-corrected chi connectivity index (χ1v) is 6.30. The van der Waals surface area contributed by atoms with Crippen LogP contribution in [0.15, 0.2) is 18.2 Å². The Balaban J connectivity index is 2.02. The average Bonchev–Trinajstić information content (AvgIpc) is 2.87. The van der Waals surface area contributed by atoms with Crippen molar-refractivity contribution in [2.75, 3.05) is 27.3 Å². The van der Waals surface area contributed by atoms with Gasteiger partial charge in [-0.3, -0.25) is 9.69 Å². The van der Waals surface area contributed by atoms with Crippen LogP contribution >= 0.6 is 0 Å². The molecular weight excluding hydrogens is 246 g/mol. The van der Waals surface area contributed by atoms with E-state index in [0.29, 0.717) is 18.0 Å². The van der Waals surface area contributed by atoms with Crippen molar-refractivity contribution in [2.24, 2.45) is 5.92 Å². The highest BCUT2D eigenvalue weighted by Gasteiger charge is 2.27. The van der Waals surface area contributed by atoms with Crippen molar-refractivity contribution >= 4 is 5.97 Å². The van der Waals surface area contributed by atoms with E-state index in [4.69, 9.17) is 14.6 Å². The van der Waals surface area contributed by atoms with Crippen LogP contribution in [0.2, 0.25) is 0 Å². The lowest BCUT2D eigenvalue weighted by Crippen LogP contribution is -2.22. The molecule has 1 aliphatic rings. The van der Waals surface area contributed by atoms with Crippen LogP contribution < -0.4 is 9.47 Å². The number of hydrogen-bond acceptors (Lipinski definition) is 4. The fourth-order valence-electron chi connectivity index (χ4n) is 2.42. The lowest BCUT2D eigenvalue weighted by molar-refractivity contribution is -0.141. The van der Waals surface area contributed by atoms with Crippen LogP contribution in [-0.4, -0.2) is 43.3 Å². The Morgan fingerprint density at radius 1 is 1.37 bits per heavy atom. The van der Waals surface area contributed by atoms with Gasteiger partial charge in [0.1, 0.15) is 0 Å². The number of benzene rings is 1. The Morgan fingerprint density at radius 2 is 2.11 bits per heavy atom. The van der Waals surface area contributed by atoms with E-state index in [9.17, 15) is 4.79 Å². The largest absolute Gasteiger partial charge is 0.493 e. The van der Waals surface area contributed by atoms with Crippen LogP contribution in [0.5, 0.6) is 11.5 Å². The number of aliphatic carboxylic acids is 1. The highest BCUT2D eigenvalue weighted by molar-refractivity contribution is 5.70. The number of hydrogen-bond donors (Lipinski definition) is 1. The maximum Gasteiger partial charge on any atom is 0.307 e. The molecule has 1 heterocycles. The van der Waals surface area contributed by atoms with Gasteiger partial charge in [0.15, 0.2) is 11.5 Å². The van der Waals surface area contributed by atoms with Gasteiger partial charge in [-0.2, -0.15) is 0 Å². The molecule has 0 radical (unpaired) electrons. The second-order valence-corrected chi connectivity index (χ2v) is 4.75. The minimum Gasteiger partial charge on any atom is -0.493 e. The van der Waals surface area contributed by atoms with Crippen LogP contribution in [0.25, 0.3) is 0 Å². The van der Waals surface area contributed by atoms with E-state index in [-0.39, 0.29) is 5.92 Å². The predicted octanol–water partition coefficient (Wildman–Crippen LogP) is 1.61. The molecule has 0 bridgehead atoms. The zero-order valence-electron chi connectivity index (χ0n) is 11.3. The van der Waals surface area contributed by atoms with Gasteiger partial charge in [-0.15, -0.1) is 0 Å². The van der Waals surface area contributed by atoms with Gasteiger partial charge >= 0.3 is 5.97 Å². The molecule has 19 heavy (non-hydrogen) atoms. The molecule has 5 nitrogen and oxygen atoms in total. The molecular formula is C14H19NO4. The molecule has 0 aliphatic carbocycles. The molecule has 1 saturated heterocycles. The first kappa shape index (κ1) is 13.7. The summed E-state index contributed by atoms with van der Waals surface area (Å²) < 4.78 is 10.5. The summed E-state index contributed by atoms with van der Waals surface area (Å²) in [6, 6.07) is 5.79. The predicted molar refractivity (Wildman–Crippen MR) is 70.6 cm³/mol. The lowest BCUT2D eigenvalue weighted by atomic mass is 10.1. The van der Waals surface area contributed by atoms with Gasteiger partial charge in [0.25, 0.3) is 0 Å². The molecule has 2 rings (SSSR count). The van der Waals surface area contributed by atoms with Gasteiger partial charge < -0.3 is 14.6 Å². The molecule has 1 aromatic rings. The number of ether oxygens (including phenoxy) is 2. The average molecular weight is 265 g/mol. The van der Waals surface area contributed by atoms with Crippen LogP contribution in [0.3, 0.4) is 0 Å². The van der Waals surface area contributed by atoms with Crippen molar-refractivity contribution in [1.82, 2.24) is 4.90 Å². The number of rotatable bonds is 5. The van der Waals surface area contributed by atoms with Crippen molar-refractivity contribution in [1.29, 1.82) is 0 Å². The van der Waals surface area contributed by atoms with Crippen molar-refractivity contribution in [3.05, 3.63) is 23.8 Å². The molecule has 104 valence electrons. The Labute approximate surface area is 112 Å². The SMILES string of the molecule is COc1ccc(CN2CCC(C(=O)O)C2)cc1OC. The summed E-state index contributed by atoms with van der Waals surface area (Å²) in [7, 11) is 3.22. The number of methoxy groups -OCH3 is 2. The molecule has 5 heteroatoms. The summed E-state index contributed by atoms with van der Waals surface area (Å²) in [4.78, 5) is 13.1. The lowest BCUT2D eigenvalue weighted by Gasteiger charge is -2.16. The quantitative estimate of drug-likeness (QED) is 0.876. The summed E-state index contributed by atoms with van der Waals surface area (Å²) in [5, 5.41) is 8.98. The van der Waals surface area contributed by atoms with Crippen molar-refractivity contribution in [2.45, 2.75) is 13.0 Å². The van der Waals surface area contributed by atoms with E-state index in [1.807, 2.05) is 18.2 Å². The molecule has 1 unspecified atom stereocenters. The minimum absolute atomic E-state index is 0.236. The van der Waals surface area contributed by atoms with E-state index in [2.05, 4.69) is 4.90 Å². The summed E-state index contributed by atoms with van der Waals surface area (Å²) in [6.45, 7) is 2.18. The monoisotopic (exact) mass is 265 g/mol. The Bertz CT molecular complexity index is 461. The van der Waals surface area contributed by atoms with Crippen LogP contribution in [0.1, 0.15) is 12.0 Å². The van der Waals surface area contributed by atoms with Gasteiger partial charge in [0.2, 0.25) is 0 Å². The zero-order valence-corrected chi connectivity index (χ0v) is 11.3. The summed E-state index contributed by atoms with van der Waals surface area (Å²) in [5.74, 6) is 0.472. The van der Waals surface area contributed by atoms with Gasteiger partial charge in [0.05, 0.1) is 20.1 Å². The molecule has 1 aliphatic heterocycles. The van der Waals surface area contributed by atoms with Crippen molar-refractivity contribution in [3.63, 3.8) is 0 Å². The highest BCUT2D eigenvalue weighted by Crippen LogP contribution is 2.28. The van der Waals surface area contributed by atoms with E-state index >= 15 is 0 Å². The third-order valence-electron chi connectivity index (χ3n) is 3.48. The standard InChI is InChI=1S/C14H19NO4/c1-18-12-4-3-10(7-13(12)19-2)8-15-6-5-11(9-15)14(16)17/h3-4,7,11H,5-6,8-9H2,1-2H3,(H,16,17). The number of nitrogens with zero attached hydrogens (tertiary/aromatic N) is 1. The summed E-state index contributed by atoms with van der Waals surface area (Å²) in [6.07, 6.45) is 0.725. The van der Waals surface area contributed by atoms with Gasteiger partial charge in [-0.05, 0) is 30.7 Å². The Hall–Kier alpha value is -1.75. The molecule has 1 atom stereocenters. The second-order valence-electron chi connectivity index (χ2n) is 4.75. The van der Waals surface area contributed by atoms with Gasteiger partial charge in [0, 0.05) is 13.1 Å². The molecule has 0 aromatic heterocycles. The number of likely N-dealkylation sites (tertiary alicyclic amines) is 1. The third-order valence-corrected chi connectivity index (χ3v) is 3.48. The number of carbonyl (C=O) groups is 1. The minimum atomic E-state index is -0.699. The Kier molecular flexibility index (Phi) is 4.27. The fraction of sp³-hybridized carbons (Fsp3) is 0.500. The molecule has 1 aromatic carbocycles. The van der Waals surface area contributed by atoms with Crippen LogP contribution in [0.4, 0.5) is 0 Å². The molecule has 0 saturated carbocycles. The molecule has 0 spiro atoms. The second kappa shape index (κ2) is 5.93. The number of carboxylic acids is 1. The van der Waals surface area contributed by atoms with Gasteiger partial charge in [-0.25, -0.2) is 0 Å². The van der Waals surface area contributed by atoms with Crippen molar-refractivity contribution < 1.29 is 19.4 Å². The van der Waals surface area contributed by atoms with Crippen LogP contribution in [-0.2, 0) is 11.3 Å². The maximum absolute atomic E-state index is 10.9.